The molecule has 35 heavy (non-hydrogen) atoms. The highest BCUT2D eigenvalue weighted by molar-refractivity contribution is 6.00. The molecule has 8 nitrogen and oxygen atoms in total. The molecule has 0 N–H and O–H groups in total. The van der Waals surface area contributed by atoms with Crippen molar-refractivity contribution in [3.8, 4) is 28.8 Å². The Morgan fingerprint density at radius 1 is 0.971 bits per heavy atom. The summed E-state index contributed by atoms with van der Waals surface area (Å²) < 4.78 is 7.30. The third-order valence-electron chi connectivity index (χ3n) is 6.10. The van der Waals surface area contributed by atoms with Crippen LogP contribution in [0.15, 0.2) is 79.1 Å². The smallest absolute Gasteiger partial charge is 0.257 e. The highest BCUT2D eigenvalue weighted by Gasteiger charge is 2.28. The number of carbonyl (C=O) groups is 1. The fourth-order valence-corrected chi connectivity index (χ4v) is 4.31. The van der Waals surface area contributed by atoms with Gasteiger partial charge in [0, 0.05) is 44.1 Å². The largest absolute Gasteiger partial charge is 0.496 e. The summed E-state index contributed by atoms with van der Waals surface area (Å²) in [6.45, 7) is 2.22. The van der Waals surface area contributed by atoms with Crippen molar-refractivity contribution in [1.29, 1.82) is 5.26 Å². The molecule has 5 rings (SSSR count). The summed E-state index contributed by atoms with van der Waals surface area (Å²) in [5.74, 6) is 1.23. The van der Waals surface area contributed by atoms with E-state index in [0.717, 1.165) is 11.3 Å². The van der Waals surface area contributed by atoms with Crippen LogP contribution in [0.3, 0.4) is 0 Å². The van der Waals surface area contributed by atoms with E-state index in [1.807, 2.05) is 59.5 Å². The second-order valence-corrected chi connectivity index (χ2v) is 8.14. The first-order valence-electron chi connectivity index (χ1n) is 11.4. The Morgan fingerprint density at radius 2 is 1.71 bits per heavy atom. The molecule has 0 bridgehead atoms. The Labute approximate surface area is 203 Å². The van der Waals surface area contributed by atoms with Crippen LogP contribution in [0.1, 0.15) is 15.9 Å². The first-order valence-corrected chi connectivity index (χ1v) is 11.4. The predicted molar refractivity (Wildman–Crippen MR) is 133 cm³/mol. The summed E-state index contributed by atoms with van der Waals surface area (Å²) in [7, 11) is 1.61. The second kappa shape index (κ2) is 9.69. The van der Waals surface area contributed by atoms with E-state index in [1.54, 1.807) is 36.3 Å². The summed E-state index contributed by atoms with van der Waals surface area (Å²) >= 11 is 0. The quantitative estimate of drug-likeness (QED) is 0.447. The lowest BCUT2D eigenvalue weighted by molar-refractivity contribution is 0.0747. The SMILES string of the molecule is COc1ccccc1-c1nn(-c2ccccc2)cc1C(=O)N1CCN(c2ncccc2C#N)CC1. The normalized spacial score (nSPS) is 13.4. The summed E-state index contributed by atoms with van der Waals surface area (Å²) in [6, 6.07) is 23.0. The molecule has 2 aromatic heterocycles. The van der Waals surface area contributed by atoms with Gasteiger partial charge in [0.25, 0.3) is 5.91 Å². The van der Waals surface area contributed by atoms with Gasteiger partial charge in [0.2, 0.25) is 0 Å². The van der Waals surface area contributed by atoms with Crippen molar-refractivity contribution in [3.05, 3.63) is 90.3 Å². The highest BCUT2D eigenvalue weighted by atomic mass is 16.5. The average Bonchev–Trinajstić information content (AvgIpc) is 3.38. The Hall–Kier alpha value is -4.64. The first-order chi connectivity index (χ1) is 17.2. The minimum atomic E-state index is -0.0886. The molecule has 174 valence electrons. The van der Waals surface area contributed by atoms with E-state index in [4.69, 9.17) is 9.84 Å². The molecular weight excluding hydrogens is 440 g/mol. The summed E-state index contributed by atoms with van der Waals surface area (Å²) in [4.78, 5) is 22.0. The monoisotopic (exact) mass is 464 g/mol. The summed E-state index contributed by atoms with van der Waals surface area (Å²) in [6.07, 6.45) is 3.48. The fourth-order valence-electron chi connectivity index (χ4n) is 4.31. The maximum atomic E-state index is 13.7. The van der Waals surface area contributed by atoms with Gasteiger partial charge in [0.1, 0.15) is 23.3 Å². The number of nitriles is 1. The lowest BCUT2D eigenvalue weighted by atomic mass is 10.1. The lowest BCUT2D eigenvalue weighted by Crippen LogP contribution is -2.49. The van der Waals surface area contributed by atoms with Crippen LogP contribution in [0.4, 0.5) is 5.82 Å². The molecule has 3 heterocycles. The van der Waals surface area contributed by atoms with E-state index < -0.39 is 0 Å². The standard InChI is InChI=1S/C27H24N6O2/c1-35-24-12-6-5-11-22(24)25-23(19-33(30-25)21-9-3-2-4-10-21)27(34)32-16-14-31(15-17-32)26-20(18-28)8-7-13-29-26/h2-13,19H,14-17H2,1H3. The molecule has 8 heteroatoms. The molecule has 0 unspecified atom stereocenters. The number of rotatable bonds is 5. The van der Waals surface area contributed by atoms with Crippen LogP contribution in [-0.2, 0) is 0 Å². The number of nitrogens with zero attached hydrogens (tertiary/aromatic N) is 6. The van der Waals surface area contributed by atoms with Gasteiger partial charge >= 0.3 is 0 Å². The number of ether oxygens (including phenoxy) is 1. The zero-order valence-corrected chi connectivity index (χ0v) is 19.3. The Kier molecular flexibility index (Phi) is 6.14. The number of hydrogen-bond acceptors (Lipinski definition) is 6. The third-order valence-corrected chi connectivity index (χ3v) is 6.10. The van der Waals surface area contributed by atoms with E-state index in [-0.39, 0.29) is 5.91 Å². The van der Waals surface area contributed by atoms with Crippen molar-refractivity contribution < 1.29 is 9.53 Å². The van der Waals surface area contributed by atoms with Gasteiger partial charge in [-0.25, -0.2) is 9.67 Å². The minimum absolute atomic E-state index is 0.0886. The van der Waals surface area contributed by atoms with E-state index >= 15 is 0 Å². The third kappa shape index (κ3) is 4.32. The van der Waals surface area contributed by atoms with E-state index in [9.17, 15) is 10.1 Å². The zero-order valence-electron chi connectivity index (χ0n) is 19.3. The Balaban J connectivity index is 1.46. The number of carbonyl (C=O) groups excluding carboxylic acids is 1. The highest BCUT2D eigenvalue weighted by Crippen LogP contribution is 2.32. The number of hydrogen-bond donors (Lipinski definition) is 0. The van der Waals surface area contributed by atoms with Gasteiger partial charge in [0.15, 0.2) is 0 Å². The maximum absolute atomic E-state index is 13.7. The van der Waals surface area contributed by atoms with Gasteiger partial charge in [-0.05, 0) is 36.4 Å². The number of amides is 1. The topological polar surface area (TPSA) is 87.3 Å². The first kappa shape index (κ1) is 22.2. The second-order valence-electron chi connectivity index (χ2n) is 8.14. The van der Waals surface area contributed by atoms with Crippen molar-refractivity contribution in [1.82, 2.24) is 19.7 Å². The van der Waals surface area contributed by atoms with Gasteiger partial charge in [0.05, 0.1) is 23.9 Å². The van der Waals surface area contributed by atoms with Crippen LogP contribution in [-0.4, -0.2) is 58.9 Å². The number of aromatic nitrogens is 3. The Morgan fingerprint density at radius 3 is 2.46 bits per heavy atom. The molecule has 2 aromatic carbocycles. The van der Waals surface area contributed by atoms with Crippen LogP contribution >= 0.6 is 0 Å². The van der Waals surface area contributed by atoms with Crippen molar-refractivity contribution in [2.45, 2.75) is 0 Å². The van der Waals surface area contributed by atoms with Gasteiger partial charge in [-0.1, -0.05) is 30.3 Å². The predicted octanol–water partition coefficient (Wildman–Crippen LogP) is 3.78. The van der Waals surface area contributed by atoms with Crippen LogP contribution < -0.4 is 9.64 Å². The molecule has 1 fully saturated rings. The van der Waals surface area contributed by atoms with Gasteiger partial charge in [-0.15, -0.1) is 0 Å². The van der Waals surface area contributed by atoms with Crippen LogP contribution in [0.2, 0.25) is 0 Å². The van der Waals surface area contributed by atoms with Crippen molar-refractivity contribution in [2.24, 2.45) is 0 Å². The van der Waals surface area contributed by atoms with Gasteiger partial charge in [-0.2, -0.15) is 10.4 Å². The van der Waals surface area contributed by atoms with Gasteiger partial charge < -0.3 is 14.5 Å². The molecule has 0 aliphatic carbocycles. The van der Waals surface area contributed by atoms with E-state index in [0.29, 0.717) is 54.6 Å². The summed E-state index contributed by atoms with van der Waals surface area (Å²) in [5.41, 5.74) is 3.26. The number of piperazine rings is 1. The number of methoxy groups -OCH3 is 1. The zero-order chi connectivity index (χ0) is 24.2. The Bertz CT molecular complexity index is 1380. The average molecular weight is 465 g/mol. The van der Waals surface area contributed by atoms with E-state index in [2.05, 4.69) is 16.0 Å². The van der Waals surface area contributed by atoms with Crippen molar-refractivity contribution in [3.63, 3.8) is 0 Å². The van der Waals surface area contributed by atoms with Gasteiger partial charge in [-0.3, -0.25) is 4.79 Å². The molecule has 4 aromatic rings. The minimum Gasteiger partial charge on any atom is -0.496 e. The van der Waals surface area contributed by atoms with Crippen LogP contribution in [0.25, 0.3) is 16.9 Å². The maximum Gasteiger partial charge on any atom is 0.257 e. The molecule has 1 aliphatic rings. The van der Waals surface area contributed by atoms with Crippen molar-refractivity contribution >= 4 is 11.7 Å². The number of benzene rings is 2. The molecule has 1 amide bonds. The molecule has 0 atom stereocenters. The molecular formula is C27H24N6O2. The molecule has 1 aliphatic heterocycles. The number of para-hydroxylation sites is 2. The van der Waals surface area contributed by atoms with Crippen LogP contribution in [0.5, 0.6) is 5.75 Å². The fraction of sp³-hybridized carbons (Fsp3) is 0.185. The molecule has 1 saturated heterocycles. The van der Waals surface area contributed by atoms with Crippen LogP contribution in [0, 0.1) is 11.3 Å². The lowest BCUT2D eigenvalue weighted by Gasteiger charge is -2.35. The summed E-state index contributed by atoms with van der Waals surface area (Å²) in [5, 5.41) is 14.2. The number of anilines is 1. The van der Waals surface area contributed by atoms with Crippen molar-refractivity contribution in [2.75, 3.05) is 38.2 Å². The molecule has 0 spiro atoms. The van der Waals surface area contributed by atoms with E-state index in [1.165, 1.54) is 0 Å². The molecule has 0 saturated carbocycles. The molecule has 0 radical (unpaired) electrons. The number of pyridine rings is 1.